The zero-order valence-electron chi connectivity index (χ0n) is 22.1. The Kier molecular flexibility index (Phi) is 9.82. The molecule has 0 bridgehead atoms. The van der Waals surface area contributed by atoms with Crippen LogP contribution in [0.15, 0.2) is 67.0 Å². The van der Waals surface area contributed by atoms with Crippen molar-refractivity contribution in [1.29, 1.82) is 0 Å². The van der Waals surface area contributed by atoms with Gasteiger partial charge < -0.3 is 32.5 Å². The second kappa shape index (κ2) is 13.2. The van der Waals surface area contributed by atoms with Gasteiger partial charge in [0.25, 0.3) is 0 Å². The van der Waals surface area contributed by atoms with Crippen LogP contribution < -0.4 is 20.3 Å². The molecule has 0 unspecified atom stereocenters. The van der Waals surface area contributed by atoms with Crippen LogP contribution in [0.25, 0.3) is 21.9 Å². The SMILES string of the molecule is CC.COC(=O)c1cc(=O)c2c(OCC(COc3cccc4oc(C(=O)OC)cc(=O)c34)OC)cccc2o1. The van der Waals surface area contributed by atoms with E-state index in [4.69, 9.17) is 23.0 Å². The molecule has 0 aliphatic rings. The number of methoxy groups -OCH3 is 3. The molecule has 2 aromatic carbocycles. The van der Waals surface area contributed by atoms with Gasteiger partial charge >= 0.3 is 11.9 Å². The lowest BCUT2D eigenvalue weighted by atomic mass is 10.2. The lowest BCUT2D eigenvalue weighted by molar-refractivity contribution is 0.0245. The summed E-state index contributed by atoms with van der Waals surface area (Å²) in [6, 6.07) is 11.5. The number of esters is 2. The van der Waals surface area contributed by atoms with E-state index >= 15 is 0 Å². The smallest absolute Gasteiger partial charge is 0.374 e. The van der Waals surface area contributed by atoms with Gasteiger partial charge in [-0.2, -0.15) is 0 Å². The summed E-state index contributed by atoms with van der Waals surface area (Å²) >= 11 is 0. The molecule has 0 spiro atoms. The summed E-state index contributed by atoms with van der Waals surface area (Å²) < 4.78 is 37.2. The second-order valence-electron chi connectivity index (χ2n) is 7.67. The van der Waals surface area contributed by atoms with Crippen LogP contribution in [0.3, 0.4) is 0 Å². The van der Waals surface area contributed by atoms with Crippen molar-refractivity contribution in [1.82, 2.24) is 0 Å². The highest BCUT2D eigenvalue weighted by Gasteiger charge is 2.19. The molecule has 206 valence electrons. The molecule has 0 N–H and O–H groups in total. The Morgan fingerprint density at radius 3 is 1.49 bits per heavy atom. The van der Waals surface area contributed by atoms with E-state index in [0.717, 1.165) is 12.1 Å². The van der Waals surface area contributed by atoms with E-state index in [-0.39, 0.29) is 58.2 Å². The lowest BCUT2D eigenvalue weighted by Crippen LogP contribution is -2.28. The molecule has 0 aliphatic carbocycles. The summed E-state index contributed by atoms with van der Waals surface area (Å²) in [4.78, 5) is 48.7. The molecule has 39 heavy (non-hydrogen) atoms. The van der Waals surface area contributed by atoms with Gasteiger partial charge in [-0.25, -0.2) is 9.59 Å². The molecule has 0 saturated carbocycles. The summed E-state index contributed by atoms with van der Waals surface area (Å²) in [5, 5.41) is 0.304. The lowest BCUT2D eigenvalue weighted by Gasteiger charge is -2.18. The van der Waals surface area contributed by atoms with E-state index in [9.17, 15) is 19.2 Å². The average molecular weight is 541 g/mol. The molecule has 0 amide bonds. The zero-order chi connectivity index (χ0) is 28.5. The largest absolute Gasteiger partial charge is 0.490 e. The second-order valence-corrected chi connectivity index (χ2v) is 7.67. The molecule has 11 heteroatoms. The van der Waals surface area contributed by atoms with Crippen molar-refractivity contribution in [2.45, 2.75) is 20.0 Å². The average Bonchev–Trinajstić information content (AvgIpc) is 2.96. The highest BCUT2D eigenvalue weighted by atomic mass is 16.6. The Labute approximate surface area is 222 Å². The van der Waals surface area contributed by atoms with Crippen LogP contribution in [-0.4, -0.2) is 52.6 Å². The van der Waals surface area contributed by atoms with E-state index in [1.54, 1.807) is 24.3 Å². The van der Waals surface area contributed by atoms with Gasteiger partial charge in [-0.3, -0.25) is 9.59 Å². The quantitative estimate of drug-likeness (QED) is 0.285. The Morgan fingerprint density at radius 2 is 1.13 bits per heavy atom. The maximum Gasteiger partial charge on any atom is 0.374 e. The van der Waals surface area contributed by atoms with Crippen molar-refractivity contribution in [3.63, 3.8) is 0 Å². The first-order valence-electron chi connectivity index (χ1n) is 11.9. The third kappa shape index (κ3) is 6.44. The molecular weight excluding hydrogens is 512 g/mol. The summed E-state index contributed by atoms with van der Waals surface area (Å²) in [7, 11) is 3.82. The van der Waals surface area contributed by atoms with Gasteiger partial charge in [0, 0.05) is 19.2 Å². The topological polar surface area (TPSA) is 141 Å². The van der Waals surface area contributed by atoms with Crippen LogP contribution in [0.1, 0.15) is 35.0 Å². The predicted molar refractivity (Wildman–Crippen MR) is 141 cm³/mol. The standard InChI is InChI=1S/C26H22O11.C2H6/c1-31-14(12-34-17-6-4-8-19-23(17)15(27)10-21(36-19)25(29)32-2)13-35-18-7-5-9-20-24(18)16(28)11-22(37-20)26(30)33-3;1-2/h4-11,14H,12-13H2,1-3H3;1-2H3. The third-order valence-electron chi connectivity index (χ3n) is 5.39. The third-order valence-corrected chi connectivity index (χ3v) is 5.39. The van der Waals surface area contributed by atoms with Crippen molar-refractivity contribution in [3.05, 3.63) is 80.5 Å². The first kappa shape index (κ1) is 28.9. The number of rotatable bonds is 9. The number of carbonyl (C=O) groups excluding carboxylic acids is 2. The van der Waals surface area contributed by atoms with Crippen LogP contribution in [0.5, 0.6) is 11.5 Å². The fourth-order valence-corrected chi connectivity index (χ4v) is 3.55. The van der Waals surface area contributed by atoms with E-state index in [1.807, 2.05) is 13.8 Å². The molecule has 0 radical (unpaired) electrons. The Balaban J connectivity index is 0.00000205. The maximum absolute atomic E-state index is 12.6. The van der Waals surface area contributed by atoms with Crippen molar-refractivity contribution in [2.75, 3.05) is 34.5 Å². The first-order valence-corrected chi connectivity index (χ1v) is 11.9. The number of fused-ring (bicyclic) bond motifs is 2. The molecule has 0 saturated heterocycles. The van der Waals surface area contributed by atoms with E-state index in [2.05, 4.69) is 9.47 Å². The van der Waals surface area contributed by atoms with Gasteiger partial charge in [-0.1, -0.05) is 26.0 Å². The van der Waals surface area contributed by atoms with Crippen LogP contribution in [-0.2, 0) is 14.2 Å². The minimum atomic E-state index is -0.772. The number of carbonyl (C=O) groups is 2. The molecule has 2 heterocycles. The number of hydrogen-bond donors (Lipinski definition) is 0. The Morgan fingerprint density at radius 1 is 0.718 bits per heavy atom. The molecule has 4 rings (SSSR count). The van der Waals surface area contributed by atoms with E-state index < -0.39 is 28.9 Å². The van der Waals surface area contributed by atoms with Crippen molar-refractivity contribution < 1.29 is 42.1 Å². The summed E-state index contributed by atoms with van der Waals surface area (Å²) in [5.41, 5.74) is -0.638. The highest BCUT2D eigenvalue weighted by molar-refractivity contribution is 5.91. The Hall–Kier alpha value is -4.64. The van der Waals surface area contributed by atoms with Gasteiger partial charge in [0.05, 0.1) is 14.2 Å². The maximum atomic E-state index is 12.6. The zero-order valence-corrected chi connectivity index (χ0v) is 22.1. The number of benzene rings is 2. The summed E-state index contributed by atoms with van der Waals surface area (Å²) in [6.45, 7) is 3.97. The molecule has 2 aromatic heterocycles. The monoisotopic (exact) mass is 540 g/mol. The van der Waals surface area contributed by atoms with Crippen LogP contribution in [0, 0.1) is 0 Å². The van der Waals surface area contributed by atoms with Gasteiger partial charge in [0.15, 0.2) is 10.9 Å². The van der Waals surface area contributed by atoms with E-state index in [1.165, 1.54) is 33.5 Å². The van der Waals surface area contributed by atoms with Crippen molar-refractivity contribution >= 4 is 33.9 Å². The molecule has 0 atom stereocenters. The van der Waals surface area contributed by atoms with Crippen LogP contribution >= 0.6 is 0 Å². The molecule has 4 aromatic rings. The van der Waals surface area contributed by atoms with Crippen LogP contribution in [0.4, 0.5) is 0 Å². The molecule has 11 nitrogen and oxygen atoms in total. The molecule has 0 fully saturated rings. The molecular formula is C28H28O11. The van der Waals surface area contributed by atoms with Crippen LogP contribution in [0.2, 0.25) is 0 Å². The Bertz CT molecular complexity index is 1470. The normalized spacial score (nSPS) is 10.6. The van der Waals surface area contributed by atoms with E-state index in [0.29, 0.717) is 0 Å². The number of hydrogen-bond acceptors (Lipinski definition) is 11. The molecule has 0 aliphatic heterocycles. The number of ether oxygens (including phenoxy) is 5. The van der Waals surface area contributed by atoms with Gasteiger partial charge in [-0.15, -0.1) is 0 Å². The van der Waals surface area contributed by atoms with Crippen molar-refractivity contribution in [2.24, 2.45) is 0 Å². The van der Waals surface area contributed by atoms with Gasteiger partial charge in [0.1, 0.15) is 52.8 Å². The fraction of sp³-hybridized carbons (Fsp3) is 0.286. The highest BCUT2D eigenvalue weighted by Crippen LogP contribution is 2.25. The summed E-state index contributed by atoms with van der Waals surface area (Å²) in [6.07, 6.45) is -0.603. The van der Waals surface area contributed by atoms with Gasteiger partial charge in [0.2, 0.25) is 11.5 Å². The summed E-state index contributed by atoms with van der Waals surface area (Å²) in [5.74, 6) is -1.54. The fourth-order valence-electron chi connectivity index (χ4n) is 3.55. The van der Waals surface area contributed by atoms with Crippen molar-refractivity contribution in [3.8, 4) is 11.5 Å². The first-order chi connectivity index (χ1) is 18.9. The minimum absolute atomic E-state index is 0.0142. The predicted octanol–water partition coefficient (Wildman–Crippen LogP) is 3.97. The van der Waals surface area contributed by atoms with Gasteiger partial charge in [-0.05, 0) is 24.3 Å². The minimum Gasteiger partial charge on any atom is -0.490 e.